The molecule has 0 fully saturated rings. The molecule has 0 saturated carbocycles. The first kappa shape index (κ1) is 12.0. The molecule has 0 aliphatic carbocycles. The Labute approximate surface area is 92.4 Å². The maximum absolute atomic E-state index is 5.59. The Balaban J connectivity index is 2.54. The summed E-state index contributed by atoms with van der Waals surface area (Å²) in [6.45, 7) is 9.47. The zero-order chi connectivity index (χ0) is 11.1. The van der Waals surface area contributed by atoms with Crippen LogP contribution in [0.25, 0.3) is 0 Å². The second-order valence-corrected chi connectivity index (χ2v) is 3.94. The highest BCUT2D eigenvalue weighted by Crippen LogP contribution is 2.05. The molecule has 0 aliphatic rings. The van der Waals surface area contributed by atoms with Crippen molar-refractivity contribution in [2.45, 2.75) is 13.5 Å². The summed E-state index contributed by atoms with van der Waals surface area (Å²) in [5.74, 6) is 0. The van der Waals surface area contributed by atoms with Crippen LogP contribution in [0.3, 0.4) is 0 Å². The summed E-state index contributed by atoms with van der Waals surface area (Å²) in [5.41, 5.74) is 8.09. The van der Waals surface area contributed by atoms with Crippen molar-refractivity contribution in [2.24, 2.45) is 5.73 Å². The van der Waals surface area contributed by atoms with E-state index in [1.807, 2.05) is 6.07 Å². The maximum Gasteiger partial charge on any atom is 0.0237 e. The molecule has 0 saturated heterocycles. The summed E-state index contributed by atoms with van der Waals surface area (Å²) in [4.78, 5) is 2.32. The Kier molecular flexibility index (Phi) is 5.08. The van der Waals surface area contributed by atoms with E-state index in [1.54, 1.807) is 0 Å². The average Bonchev–Trinajstić information content (AvgIpc) is 2.18. The molecule has 1 aromatic carbocycles. The maximum atomic E-state index is 5.59. The lowest BCUT2D eigenvalue weighted by atomic mass is 10.2. The topological polar surface area (TPSA) is 29.3 Å². The molecule has 2 N–H and O–H groups in total. The summed E-state index contributed by atoms with van der Waals surface area (Å²) in [6, 6.07) is 10.5. The third-order valence-corrected chi connectivity index (χ3v) is 2.19. The van der Waals surface area contributed by atoms with Gasteiger partial charge in [-0.15, -0.1) is 0 Å². The summed E-state index contributed by atoms with van der Waals surface area (Å²) in [5, 5.41) is 0. The molecule has 0 unspecified atom stereocenters. The van der Waals surface area contributed by atoms with Crippen molar-refractivity contribution in [3.63, 3.8) is 0 Å². The quantitative estimate of drug-likeness (QED) is 0.718. The van der Waals surface area contributed by atoms with E-state index >= 15 is 0 Å². The van der Waals surface area contributed by atoms with E-state index < -0.39 is 0 Å². The molecule has 1 rings (SSSR count). The van der Waals surface area contributed by atoms with Gasteiger partial charge in [-0.2, -0.15) is 0 Å². The van der Waals surface area contributed by atoms with E-state index in [-0.39, 0.29) is 0 Å². The Morgan fingerprint density at radius 3 is 2.53 bits per heavy atom. The van der Waals surface area contributed by atoms with Gasteiger partial charge >= 0.3 is 0 Å². The number of nitrogens with two attached hydrogens (primary N) is 1. The first-order valence-corrected chi connectivity index (χ1v) is 5.33. The first-order chi connectivity index (χ1) is 7.22. The number of rotatable bonds is 6. The average molecular weight is 204 g/mol. The van der Waals surface area contributed by atoms with Crippen LogP contribution in [-0.2, 0) is 6.54 Å². The van der Waals surface area contributed by atoms with Crippen LogP contribution >= 0.6 is 0 Å². The molecular formula is C13H20N2. The normalized spacial score (nSPS) is 10.6. The second kappa shape index (κ2) is 6.38. The number of hydrogen-bond donors (Lipinski definition) is 1. The van der Waals surface area contributed by atoms with Gasteiger partial charge in [-0.25, -0.2) is 0 Å². The Morgan fingerprint density at radius 2 is 2.00 bits per heavy atom. The lowest BCUT2D eigenvalue weighted by Crippen LogP contribution is -2.30. The number of nitrogens with zero attached hydrogens (tertiary/aromatic N) is 1. The second-order valence-electron chi connectivity index (χ2n) is 3.94. The zero-order valence-electron chi connectivity index (χ0n) is 9.45. The first-order valence-electron chi connectivity index (χ1n) is 5.33. The van der Waals surface area contributed by atoms with Crippen molar-refractivity contribution in [3.8, 4) is 0 Å². The fourth-order valence-corrected chi connectivity index (χ4v) is 1.62. The molecule has 0 radical (unpaired) electrons. The van der Waals surface area contributed by atoms with Gasteiger partial charge in [-0.3, -0.25) is 4.90 Å². The highest BCUT2D eigenvalue weighted by molar-refractivity contribution is 5.14. The van der Waals surface area contributed by atoms with Crippen LogP contribution in [0.4, 0.5) is 0 Å². The van der Waals surface area contributed by atoms with Crippen molar-refractivity contribution in [2.75, 3.05) is 19.6 Å². The number of benzene rings is 1. The van der Waals surface area contributed by atoms with E-state index in [0.717, 1.165) is 19.6 Å². The Bertz CT molecular complexity index is 293. The van der Waals surface area contributed by atoms with Crippen molar-refractivity contribution < 1.29 is 0 Å². The monoisotopic (exact) mass is 204 g/mol. The molecule has 0 bridgehead atoms. The van der Waals surface area contributed by atoms with E-state index in [1.165, 1.54) is 11.1 Å². The third-order valence-electron chi connectivity index (χ3n) is 2.19. The van der Waals surface area contributed by atoms with Crippen LogP contribution < -0.4 is 5.73 Å². The van der Waals surface area contributed by atoms with Crippen LogP contribution in [0.5, 0.6) is 0 Å². The van der Waals surface area contributed by atoms with Crippen LogP contribution in [0.2, 0.25) is 0 Å². The van der Waals surface area contributed by atoms with Crippen LogP contribution in [0.15, 0.2) is 42.5 Å². The molecule has 1 aromatic rings. The van der Waals surface area contributed by atoms with Gasteiger partial charge in [0.25, 0.3) is 0 Å². The Morgan fingerprint density at radius 1 is 1.33 bits per heavy atom. The lowest BCUT2D eigenvalue weighted by Gasteiger charge is -2.21. The van der Waals surface area contributed by atoms with E-state index in [4.69, 9.17) is 5.73 Å². The van der Waals surface area contributed by atoms with Gasteiger partial charge in [-0.1, -0.05) is 42.5 Å². The molecular weight excluding hydrogens is 184 g/mol. The standard InChI is InChI=1S/C13H20N2/c1-12(2)10-15(9-8-14)11-13-6-4-3-5-7-13/h3-7H,1,8-11,14H2,2H3. The van der Waals surface area contributed by atoms with Gasteiger partial charge in [0.05, 0.1) is 0 Å². The molecule has 0 amide bonds. The summed E-state index contributed by atoms with van der Waals surface area (Å²) < 4.78 is 0. The van der Waals surface area contributed by atoms with Crippen molar-refractivity contribution in [1.82, 2.24) is 4.90 Å². The summed E-state index contributed by atoms with van der Waals surface area (Å²) >= 11 is 0. The van der Waals surface area contributed by atoms with Crippen molar-refractivity contribution in [1.29, 1.82) is 0 Å². The van der Waals surface area contributed by atoms with Crippen molar-refractivity contribution >= 4 is 0 Å². The third kappa shape index (κ3) is 4.77. The molecule has 82 valence electrons. The lowest BCUT2D eigenvalue weighted by molar-refractivity contribution is 0.296. The molecule has 0 heterocycles. The molecule has 0 atom stereocenters. The molecule has 15 heavy (non-hydrogen) atoms. The summed E-state index contributed by atoms with van der Waals surface area (Å²) in [6.07, 6.45) is 0. The SMILES string of the molecule is C=C(C)CN(CCN)Cc1ccccc1. The predicted octanol–water partition coefficient (Wildman–Crippen LogP) is 2.02. The molecule has 0 aromatic heterocycles. The highest BCUT2D eigenvalue weighted by atomic mass is 15.1. The minimum Gasteiger partial charge on any atom is -0.329 e. The zero-order valence-corrected chi connectivity index (χ0v) is 9.45. The largest absolute Gasteiger partial charge is 0.329 e. The predicted molar refractivity (Wildman–Crippen MR) is 65.6 cm³/mol. The Hall–Kier alpha value is -1.12. The van der Waals surface area contributed by atoms with Crippen LogP contribution in [0.1, 0.15) is 12.5 Å². The minimum atomic E-state index is 0.695. The molecule has 2 nitrogen and oxygen atoms in total. The van der Waals surface area contributed by atoms with Gasteiger partial charge in [0.15, 0.2) is 0 Å². The minimum absolute atomic E-state index is 0.695. The van der Waals surface area contributed by atoms with E-state index in [2.05, 4.69) is 42.7 Å². The van der Waals surface area contributed by atoms with Gasteiger partial charge in [0, 0.05) is 26.2 Å². The van der Waals surface area contributed by atoms with E-state index in [9.17, 15) is 0 Å². The van der Waals surface area contributed by atoms with Gasteiger partial charge < -0.3 is 5.73 Å². The fraction of sp³-hybridized carbons (Fsp3) is 0.385. The summed E-state index contributed by atoms with van der Waals surface area (Å²) in [7, 11) is 0. The highest BCUT2D eigenvalue weighted by Gasteiger charge is 2.04. The van der Waals surface area contributed by atoms with Gasteiger partial charge in [0.2, 0.25) is 0 Å². The smallest absolute Gasteiger partial charge is 0.0237 e. The van der Waals surface area contributed by atoms with Gasteiger partial charge in [0.1, 0.15) is 0 Å². The van der Waals surface area contributed by atoms with Crippen molar-refractivity contribution in [3.05, 3.63) is 48.0 Å². The molecule has 0 aliphatic heterocycles. The molecule has 0 spiro atoms. The van der Waals surface area contributed by atoms with Gasteiger partial charge in [-0.05, 0) is 12.5 Å². The van der Waals surface area contributed by atoms with E-state index in [0.29, 0.717) is 6.54 Å². The van der Waals surface area contributed by atoms with Crippen LogP contribution in [-0.4, -0.2) is 24.5 Å². The number of hydrogen-bond acceptors (Lipinski definition) is 2. The van der Waals surface area contributed by atoms with Crippen LogP contribution in [0, 0.1) is 0 Å². The fourth-order valence-electron chi connectivity index (χ4n) is 1.62. The molecule has 2 heteroatoms.